The Balaban J connectivity index is 1.59. The standard InChI is InChI=1S/C20H23N7O3S2/c1-2-3-8-13(21)27-14(25-26-20(27)31-10-15(28)29)9-30-19-23-17(22)16-11-6-4-5-7-12(11)32-18(16)24-19/h3,8,21H,2,4-7,9-10H2,1H3,(H,28,29)(H2,22,23,24)/b8-3-,21-13?. The van der Waals surface area contributed by atoms with Crippen LogP contribution in [0.2, 0.25) is 0 Å². The van der Waals surface area contributed by atoms with Crippen molar-refractivity contribution in [3.63, 3.8) is 0 Å². The lowest BCUT2D eigenvalue weighted by atomic mass is 9.97. The first-order valence-electron chi connectivity index (χ1n) is 10.2. The SMILES string of the molecule is CC/C=C\C(=N)n1c(COc2nc(N)c3c4c(sc3n2)CCCC4)nnc1SCC(=O)O. The largest absolute Gasteiger partial charge is 0.481 e. The molecule has 32 heavy (non-hydrogen) atoms. The highest BCUT2D eigenvalue weighted by molar-refractivity contribution is 7.99. The Morgan fingerprint density at radius 3 is 2.94 bits per heavy atom. The minimum Gasteiger partial charge on any atom is -0.481 e. The van der Waals surface area contributed by atoms with E-state index in [0.29, 0.717) is 16.8 Å². The van der Waals surface area contributed by atoms with Gasteiger partial charge in [0.1, 0.15) is 16.5 Å². The van der Waals surface area contributed by atoms with Gasteiger partial charge in [-0.15, -0.1) is 21.5 Å². The molecule has 1 aliphatic rings. The lowest BCUT2D eigenvalue weighted by Crippen LogP contribution is -2.16. The molecule has 0 aromatic carbocycles. The van der Waals surface area contributed by atoms with E-state index in [1.807, 2.05) is 13.0 Å². The van der Waals surface area contributed by atoms with E-state index in [0.717, 1.165) is 47.7 Å². The number of fused-ring (bicyclic) bond motifs is 3. The summed E-state index contributed by atoms with van der Waals surface area (Å²) in [7, 11) is 0. The van der Waals surface area contributed by atoms with E-state index in [-0.39, 0.29) is 24.2 Å². The van der Waals surface area contributed by atoms with Gasteiger partial charge in [0.2, 0.25) is 0 Å². The molecule has 0 atom stereocenters. The summed E-state index contributed by atoms with van der Waals surface area (Å²) in [4.78, 5) is 22.0. The number of nitrogens with two attached hydrogens (primary N) is 1. The van der Waals surface area contributed by atoms with Crippen molar-refractivity contribution in [2.45, 2.75) is 50.8 Å². The predicted molar refractivity (Wildman–Crippen MR) is 124 cm³/mol. The maximum absolute atomic E-state index is 11.0. The summed E-state index contributed by atoms with van der Waals surface area (Å²) >= 11 is 2.62. The molecule has 0 amide bonds. The van der Waals surface area contributed by atoms with Crippen LogP contribution in [-0.2, 0) is 24.2 Å². The number of aliphatic carboxylic acids is 1. The minimum atomic E-state index is -0.978. The fourth-order valence-corrected chi connectivity index (χ4v) is 5.46. The Morgan fingerprint density at radius 2 is 2.16 bits per heavy atom. The Hall–Kier alpha value is -2.99. The lowest BCUT2D eigenvalue weighted by Gasteiger charge is -2.11. The maximum atomic E-state index is 11.0. The number of anilines is 1. The molecule has 0 bridgehead atoms. The summed E-state index contributed by atoms with van der Waals surface area (Å²) in [5.41, 5.74) is 7.50. The van der Waals surface area contributed by atoms with Gasteiger partial charge in [0.15, 0.2) is 17.6 Å². The highest BCUT2D eigenvalue weighted by Crippen LogP contribution is 2.38. The van der Waals surface area contributed by atoms with Crippen LogP contribution in [0.1, 0.15) is 42.5 Å². The van der Waals surface area contributed by atoms with Crippen molar-refractivity contribution in [1.82, 2.24) is 24.7 Å². The Labute approximate surface area is 192 Å². The van der Waals surface area contributed by atoms with Crippen molar-refractivity contribution in [2.24, 2.45) is 0 Å². The summed E-state index contributed by atoms with van der Waals surface area (Å²) in [5, 5.41) is 26.7. The number of rotatable bonds is 8. The Bertz CT molecular complexity index is 1200. The fraction of sp³-hybridized carbons (Fsp3) is 0.400. The number of nitrogens with one attached hydrogen (secondary N) is 1. The van der Waals surface area contributed by atoms with E-state index in [4.69, 9.17) is 21.0 Å². The lowest BCUT2D eigenvalue weighted by molar-refractivity contribution is -0.133. The van der Waals surface area contributed by atoms with Crippen molar-refractivity contribution in [1.29, 1.82) is 5.41 Å². The van der Waals surface area contributed by atoms with Gasteiger partial charge in [-0.2, -0.15) is 9.97 Å². The van der Waals surface area contributed by atoms with Crippen LogP contribution in [0.3, 0.4) is 0 Å². The summed E-state index contributed by atoms with van der Waals surface area (Å²) in [6, 6.07) is 0.138. The monoisotopic (exact) mass is 473 g/mol. The average molecular weight is 474 g/mol. The number of nitrogen functional groups attached to an aromatic ring is 1. The molecular formula is C20H23N7O3S2. The number of hydrogen-bond donors (Lipinski definition) is 3. The summed E-state index contributed by atoms with van der Waals surface area (Å²) in [6.07, 6.45) is 8.56. The topological polar surface area (TPSA) is 153 Å². The number of carboxylic acids is 1. The van der Waals surface area contributed by atoms with Crippen LogP contribution < -0.4 is 10.5 Å². The summed E-state index contributed by atoms with van der Waals surface area (Å²) in [5.74, 6) is -0.305. The zero-order chi connectivity index (χ0) is 22.7. The third kappa shape index (κ3) is 4.60. The molecule has 12 heteroatoms. The smallest absolute Gasteiger partial charge is 0.320 e. The molecule has 0 saturated carbocycles. The molecule has 4 N–H and O–H groups in total. The van der Waals surface area contributed by atoms with Crippen LogP contribution in [0.25, 0.3) is 10.2 Å². The van der Waals surface area contributed by atoms with Gasteiger partial charge in [0, 0.05) is 4.88 Å². The molecule has 0 radical (unpaired) electrons. The van der Waals surface area contributed by atoms with Crippen molar-refractivity contribution in [2.75, 3.05) is 11.5 Å². The van der Waals surface area contributed by atoms with Gasteiger partial charge < -0.3 is 15.6 Å². The molecule has 1 aliphatic carbocycles. The highest BCUT2D eigenvalue weighted by Gasteiger charge is 2.21. The number of ether oxygens (including phenoxy) is 1. The molecule has 3 aromatic heterocycles. The number of thioether (sulfide) groups is 1. The predicted octanol–water partition coefficient (Wildman–Crippen LogP) is 3.29. The van der Waals surface area contributed by atoms with Crippen molar-refractivity contribution < 1.29 is 14.6 Å². The maximum Gasteiger partial charge on any atom is 0.320 e. The number of allylic oxidation sites excluding steroid dienone is 2. The van der Waals surface area contributed by atoms with Gasteiger partial charge in [-0.05, 0) is 43.7 Å². The van der Waals surface area contributed by atoms with Crippen molar-refractivity contribution in [3.8, 4) is 6.01 Å². The third-order valence-electron chi connectivity index (χ3n) is 4.93. The third-order valence-corrected chi connectivity index (χ3v) is 7.03. The number of nitrogens with zero attached hydrogens (tertiary/aromatic N) is 5. The molecule has 0 spiro atoms. The van der Waals surface area contributed by atoms with Gasteiger partial charge >= 0.3 is 12.0 Å². The Kier molecular flexibility index (Phi) is 6.70. The van der Waals surface area contributed by atoms with Gasteiger partial charge in [0.25, 0.3) is 0 Å². The minimum absolute atomic E-state index is 0.0426. The van der Waals surface area contributed by atoms with E-state index in [2.05, 4.69) is 20.2 Å². The molecule has 10 nitrogen and oxygen atoms in total. The molecule has 0 saturated heterocycles. The summed E-state index contributed by atoms with van der Waals surface area (Å²) in [6.45, 7) is 1.92. The molecule has 168 valence electrons. The number of aryl methyl sites for hydroxylation is 2. The Morgan fingerprint density at radius 1 is 1.34 bits per heavy atom. The average Bonchev–Trinajstić information content (AvgIpc) is 3.35. The van der Waals surface area contributed by atoms with Crippen LogP contribution in [0, 0.1) is 5.41 Å². The molecule has 3 aromatic rings. The van der Waals surface area contributed by atoms with E-state index >= 15 is 0 Å². The van der Waals surface area contributed by atoms with Gasteiger partial charge in [-0.3, -0.25) is 14.8 Å². The van der Waals surface area contributed by atoms with E-state index in [1.165, 1.54) is 21.4 Å². The zero-order valence-electron chi connectivity index (χ0n) is 17.5. The first kappa shape index (κ1) is 22.2. The number of aromatic nitrogens is 5. The molecule has 4 rings (SSSR count). The first-order valence-corrected chi connectivity index (χ1v) is 12.0. The van der Waals surface area contributed by atoms with Crippen molar-refractivity contribution in [3.05, 3.63) is 28.4 Å². The van der Waals surface area contributed by atoms with Crippen LogP contribution >= 0.6 is 23.1 Å². The van der Waals surface area contributed by atoms with Crippen LogP contribution in [0.15, 0.2) is 17.3 Å². The quantitative estimate of drug-likeness (QED) is 0.254. The molecule has 0 aliphatic heterocycles. The van der Waals surface area contributed by atoms with Crippen LogP contribution in [-0.4, -0.2) is 47.4 Å². The van der Waals surface area contributed by atoms with E-state index in [1.54, 1.807) is 17.4 Å². The number of carbonyl (C=O) groups is 1. The van der Waals surface area contributed by atoms with Gasteiger partial charge in [-0.1, -0.05) is 24.8 Å². The van der Waals surface area contributed by atoms with Gasteiger partial charge in [0.05, 0.1) is 11.1 Å². The van der Waals surface area contributed by atoms with Crippen LogP contribution in [0.5, 0.6) is 6.01 Å². The number of carboxylic acid groups (broad SMARTS) is 1. The molecule has 0 unspecified atom stereocenters. The molecular weight excluding hydrogens is 450 g/mol. The zero-order valence-corrected chi connectivity index (χ0v) is 19.1. The number of thiophene rings is 1. The fourth-order valence-electron chi connectivity index (χ4n) is 3.52. The second-order valence-corrected chi connectivity index (χ2v) is 9.21. The second-order valence-electron chi connectivity index (χ2n) is 7.18. The van der Waals surface area contributed by atoms with Gasteiger partial charge in [-0.25, -0.2) is 0 Å². The molecule has 3 heterocycles. The highest BCUT2D eigenvalue weighted by atomic mass is 32.2. The second kappa shape index (κ2) is 9.65. The normalized spacial score (nSPS) is 13.5. The first-order chi connectivity index (χ1) is 15.5. The van der Waals surface area contributed by atoms with Crippen molar-refractivity contribution >= 4 is 50.9 Å². The summed E-state index contributed by atoms with van der Waals surface area (Å²) < 4.78 is 7.25. The molecule has 0 fully saturated rings. The number of hydrogen-bond acceptors (Lipinski definition) is 10. The van der Waals surface area contributed by atoms with E-state index < -0.39 is 5.97 Å². The van der Waals surface area contributed by atoms with E-state index in [9.17, 15) is 4.79 Å². The van der Waals surface area contributed by atoms with Crippen LogP contribution in [0.4, 0.5) is 5.82 Å².